The quantitative estimate of drug-likeness (QED) is 0.717. The lowest BCUT2D eigenvalue weighted by Gasteiger charge is -2.17. The Morgan fingerprint density at radius 1 is 1.71 bits per heavy atom. The molecule has 0 aromatic heterocycles. The van der Waals surface area contributed by atoms with Crippen molar-refractivity contribution < 1.29 is 4.74 Å². The Labute approximate surface area is 97.4 Å². The van der Waals surface area contributed by atoms with Crippen molar-refractivity contribution in [3.8, 4) is 0 Å². The zero-order valence-electron chi connectivity index (χ0n) is 8.28. The number of methoxy groups -OCH3 is 1. The minimum atomic E-state index is 0.404. The third-order valence-corrected chi connectivity index (χ3v) is 5.08. The maximum absolute atomic E-state index is 5.34. The Morgan fingerprint density at radius 3 is 3.14 bits per heavy atom. The van der Waals surface area contributed by atoms with Gasteiger partial charge in [0, 0.05) is 30.8 Å². The normalized spacial score (nSPS) is 32.4. The van der Waals surface area contributed by atoms with Crippen LogP contribution in [0.2, 0.25) is 0 Å². The number of thioether (sulfide) groups is 1. The van der Waals surface area contributed by atoms with Crippen LogP contribution in [0.3, 0.4) is 0 Å². The summed E-state index contributed by atoms with van der Waals surface area (Å²) in [6.07, 6.45) is 1.54. The van der Waals surface area contributed by atoms with Crippen molar-refractivity contribution in [2.24, 2.45) is 4.99 Å². The molecular weight excluding hydrogens is 264 g/mol. The number of likely N-dealkylation sites (tertiary alicyclic amines) is 1. The van der Waals surface area contributed by atoms with Crippen molar-refractivity contribution in [3.63, 3.8) is 0 Å². The SMILES string of the molecule is COC1CCN(C2=NCC(CBr)S2)C1. The number of amidine groups is 1. The molecule has 0 saturated carbocycles. The van der Waals surface area contributed by atoms with Crippen LogP contribution >= 0.6 is 27.7 Å². The van der Waals surface area contributed by atoms with E-state index < -0.39 is 0 Å². The smallest absolute Gasteiger partial charge is 0.159 e. The molecule has 1 saturated heterocycles. The van der Waals surface area contributed by atoms with Crippen LogP contribution < -0.4 is 0 Å². The van der Waals surface area contributed by atoms with Gasteiger partial charge in [0.1, 0.15) is 0 Å². The molecular formula is C9H15BrN2OS. The number of aliphatic imine (C=N–C) groups is 1. The number of rotatable bonds is 2. The molecule has 0 N–H and O–H groups in total. The van der Waals surface area contributed by atoms with E-state index in [2.05, 4.69) is 25.8 Å². The van der Waals surface area contributed by atoms with E-state index >= 15 is 0 Å². The Bertz CT molecular complexity index is 237. The standard InChI is InChI=1S/C9H15BrN2OS/c1-13-7-2-3-12(6-7)9-11-5-8(4-10)14-9/h7-8H,2-6H2,1H3. The van der Waals surface area contributed by atoms with Gasteiger partial charge >= 0.3 is 0 Å². The molecule has 5 heteroatoms. The molecule has 0 bridgehead atoms. The van der Waals surface area contributed by atoms with Gasteiger partial charge in [-0.1, -0.05) is 27.7 Å². The Hall–Kier alpha value is 0.260. The monoisotopic (exact) mass is 278 g/mol. The summed E-state index contributed by atoms with van der Waals surface area (Å²) >= 11 is 5.39. The predicted octanol–water partition coefficient (Wildman–Crippen LogP) is 1.57. The number of alkyl halides is 1. The first kappa shape index (κ1) is 10.8. The average molecular weight is 279 g/mol. The highest BCUT2D eigenvalue weighted by Gasteiger charge is 2.29. The van der Waals surface area contributed by atoms with Gasteiger partial charge in [-0.3, -0.25) is 4.99 Å². The molecule has 0 aromatic carbocycles. The van der Waals surface area contributed by atoms with Crippen molar-refractivity contribution in [1.82, 2.24) is 4.90 Å². The molecule has 0 aliphatic carbocycles. The van der Waals surface area contributed by atoms with Crippen LogP contribution in [0.15, 0.2) is 4.99 Å². The van der Waals surface area contributed by atoms with E-state index in [1.807, 2.05) is 11.8 Å². The molecule has 2 aliphatic heterocycles. The molecule has 0 amide bonds. The molecule has 80 valence electrons. The van der Waals surface area contributed by atoms with E-state index in [4.69, 9.17) is 4.74 Å². The van der Waals surface area contributed by atoms with E-state index in [1.54, 1.807) is 7.11 Å². The van der Waals surface area contributed by atoms with Crippen LogP contribution in [0.5, 0.6) is 0 Å². The number of hydrogen-bond donors (Lipinski definition) is 0. The highest BCUT2D eigenvalue weighted by Crippen LogP contribution is 2.27. The summed E-state index contributed by atoms with van der Waals surface area (Å²) < 4.78 is 5.34. The van der Waals surface area contributed by atoms with Crippen molar-refractivity contribution in [2.45, 2.75) is 17.8 Å². The summed E-state index contributed by atoms with van der Waals surface area (Å²) in [6, 6.07) is 0. The highest BCUT2D eigenvalue weighted by atomic mass is 79.9. The fourth-order valence-corrected chi connectivity index (χ4v) is 3.33. The predicted molar refractivity (Wildman–Crippen MR) is 64.5 cm³/mol. The number of halogens is 1. The van der Waals surface area contributed by atoms with Crippen LogP contribution in [-0.2, 0) is 4.74 Å². The van der Waals surface area contributed by atoms with Crippen molar-refractivity contribution >= 4 is 32.9 Å². The summed E-state index contributed by atoms with van der Waals surface area (Å²) in [6.45, 7) is 3.07. The lowest BCUT2D eigenvalue weighted by molar-refractivity contribution is 0.114. The lowest BCUT2D eigenvalue weighted by Crippen LogP contribution is -2.27. The van der Waals surface area contributed by atoms with E-state index in [9.17, 15) is 0 Å². The number of nitrogens with zero attached hydrogens (tertiary/aromatic N) is 2. The minimum absolute atomic E-state index is 0.404. The first-order valence-corrected chi connectivity index (χ1v) is 6.88. The van der Waals surface area contributed by atoms with Gasteiger partial charge in [0.25, 0.3) is 0 Å². The Morgan fingerprint density at radius 2 is 2.57 bits per heavy atom. The molecule has 14 heavy (non-hydrogen) atoms. The zero-order valence-corrected chi connectivity index (χ0v) is 10.7. The summed E-state index contributed by atoms with van der Waals surface area (Å²) in [4.78, 5) is 6.91. The van der Waals surface area contributed by atoms with Crippen molar-refractivity contribution in [1.29, 1.82) is 0 Å². The van der Waals surface area contributed by atoms with Crippen molar-refractivity contribution in [3.05, 3.63) is 0 Å². The van der Waals surface area contributed by atoms with E-state index in [0.717, 1.165) is 31.4 Å². The van der Waals surface area contributed by atoms with Gasteiger partial charge < -0.3 is 9.64 Å². The van der Waals surface area contributed by atoms with Gasteiger partial charge in [-0.25, -0.2) is 0 Å². The van der Waals surface area contributed by atoms with Crippen LogP contribution in [0, 0.1) is 0 Å². The zero-order chi connectivity index (χ0) is 9.97. The first-order valence-electron chi connectivity index (χ1n) is 4.88. The van der Waals surface area contributed by atoms with Gasteiger partial charge in [-0.15, -0.1) is 0 Å². The molecule has 2 aliphatic rings. The van der Waals surface area contributed by atoms with E-state index in [1.165, 1.54) is 5.17 Å². The molecule has 0 spiro atoms. The van der Waals surface area contributed by atoms with Crippen LogP contribution in [0.1, 0.15) is 6.42 Å². The van der Waals surface area contributed by atoms with Gasteiger partial charge in [0.2, 0.25) is 0 Å². The molecule has 2 heterocycles. The largest absolute Gasteiger partial charge is 0.380 e. The lowest BCUT2D eigenvalue weighted by atomic mass is 10.3. The molecule has 1 fully saturated rings. The highest BCUT2D eigenvalue weighted by molar-refractivity contribution is 9.09. The summed E-state index contributed by atoms with van der Waals surface area (Å²) in [5.74, 6) is 0. The second-order valence-corrected chi connectivity index (χ2v) is 5.52. The average Bonchev–Trinajstić information content (AvgIpc) is 2.86. The van der Waals surface area contributed by atoms with Gasteiger partial charge in [0.05, 0.1) is 12.6 Å². The molecule has 2 unspecified atom stereocenters. The molecule has 2 rings (SSSR count). The number of hydrogen-bond acceptors (Lipinski definition) is 4. The summed E-state index contributed by atoms with van der Waals surface area (Å²) in [5, 5.41) is 2.88. The third-order valence-electron chi connectivity index (χ3n) is 2.62. The molecule has 3 nitrogen and oxygen atoms in total. The second-order valence-electron chi connectivity index (χ2n) is 3.61. The molecule has 0 radical (unpaired) electrons. The summed E-state index contributed by atoms with van der Waals surface area (Å²) in [7, 11) is 1.79. The molecule has 0 aromatic rings. The minimum Gasteiger partial charge on any atom is -0.380 e. The summed E-state index contributed by atoms with van der Waals surface area (Å²) in [5.41, 5.74) is 0. The van der Waals surface area contributed by atoms with Crippen molar-refractivity contribution in [2.75, 3.05) is 32.1 Å². The second kappa shape index (κ2) is 4.86. The van der Waals surface area contributed by atoms with Crippen LogP contribution in [0.25, 0.3) is 0 Å². The van der Waals surface area contributed by atoms with E-state index in [-0.39, 0.29) is 0 Å². The molecule has 2 atom stereocenters. The maximum Gasteiger partial charge on any atom is 0.159 e. The van der Waals surface area contributed by atoms with Gasteiger partial charge in [-0.05, 0) is 6.42 Å². The van der Waals surface area contributed by atoms with E-state index in [0.29, 0.717) is 11.4 Å². The third kappa shape index (κ3) is 2.25. The van der Waals surface area contributed by atoms with Crippen LogP contribution in [-0.4, -0.2) is 53.5 Å². The van der Waals surface area contributed by atoms with Gasteiger partial charge in [0.15, 0.2) is 5.17 Å². The van der Waals surface area contributed by atoms with Crippen LogP contribution in [0.4, 0.5) is 0 Å². The Balaban J connectivity index is 1.86. The first-order chi connectivity index (χ1) is 6.83. The number of ether oxygens (including phenoxy) is 1. The van der Waals surface area contributed by atoms with Gasteiger partial charge in [-0.2, -0.15) is 0 Å². The topological polar surface area (TPSA) is 24.8 Å². The maximum atomic E-state index is 5.34. The Kier molecular flexibility index (Phi) is 3.73. The fraction of sp³-hybridized carbons (Fsp3) is 0.889. The fourth-order valence-electron chi connectivity index (χ4n) is 1.75.